The first-order chi connectivity index (χ1) is 15.4. The standard InChI is InChI=1S/C22H25N5O5/c1-31-20-15(26-6-4-11(9-26)17(24)21-25-5-7-32-21)8-14(23)16-18(20)27(12-2-3-12)10-13(19(16)28)22(29)30/h5,7-8,10-12,17H,2-4,6,9,23-24H2,1H3,(H,29,30). The van der Waals surface area contributed by atoms with Crippen LogP contribution in [0.25, 0.3) is 10.9 Å². The third-order valence-corrected chi connectivity index (χ3v) is 6.45. The van der Waals surface area contributed by atoms with E-state index in [9.17, 15) is 14.7 Å². The molecule has 10 nitrogen and oxygen atoms in total. The molecule has 3 aromatic rings. The highest BCUT2D eigenvalue weighted by Crippen LogP contribution is 2.45. The quantitative estimate of drug-likeness (QED) is 0.491. The van der Waals surface area contributed by atoms with Gasteiger partial charge in [0.25, 0.3) is 0 Å². The van der Waals surface area contributed by atoms with Crippen LogP contribution in [0.1, 0.15) is 47.6 Å². The molecule has 1 saturated carbocycles. The zero-order valence-corrected chi connectivity index (χ0v) is 17.7. The van der Waals surface area contributed by atoms with E-state index in [1.165, 1.54) is 12.5 Å². The van der Waals surface area contributed by atoms with Crippen LogP contribution in [0.15, 0.2) is 33.9 Å². The molecular formula is C22H25N5O5. The number of anilines is 2. The fraction of sp³-hybridized carbons (Fsp3) is 0.409. The van der Waals surface area contributed by atoms with E-state index in [1.807, 2.05) is 4.57 Å². The molecule has 2 unspecified atom stereocenters. The van der Waals surface area contributed by atoms with Gasteiger partial charge >= 0.3 is 5.97 Å². The van der Waals surface area contributed by atoms with Crippen LogP contribution in [-0.4, -0.2) is 40.8 Å². The number of benzene rings is 1. The highest BCUT2D eigenvalue weighted by atomic mass is 16.5. The Morgan fingerprint density at radius 2 is 2.16 bits per heavy atom. The van der Waals surface area contributed by atoms with Crippen molar-refractivity contribution in [3.05, 3.63) is 46.4 Å². The maximum Gasteiger partial charge on any atom is 0.341 e. The minimum atomic E-state index is -1.27. The van der Waals surface area contributed by atoms with Gasteiger partial charge in [0.1, 0.15) is 11.8 Å². The van der Waals surface area contributed by atoms with Crippen molar-refractivity contribution < 1.29 is 19.1 Å². The van der Waals surface area contributed by atoms with Crippen molar-refractivity contribution >= 4 is 28.2 Å². The summed E-state index contributed by atoms with van der Waals surface area (Å²) in [5, 5.41) is 9.72. The monoisotopic (exact) mass is 439 g/mol. The summed E-state index contributed by atoms with van der Waals surface area (Å²) in [4.78, 5) is 31.0. The van der Waals surface area contributed by atoms with Crippen molar-refractivity contribution in [2.45, 2.75) is 31.3 Å². The highest BCUT2D eigenvalue weighted by molar-refractivity contribution is 6.03. The Kier molecular flexibility index (Phi) is 4.81. The van der Waals surface area contributed by atoms with Crippen LogP contribution in [0, 0.1) is 5.92 Å². The predicted molar refractivity (Wildman–Crippen MR) is 118 cm³/mol. The van der Waals surface area contributed by atoms with Gasteiger partial charge in [-0.15, -0.1) is 0 Å². The van der Waals surface area contributed by atoms with E-state index in [1.54, 1.807) is 19.4 Å². The first-order valence-electron chi connectivity index (χ1n) is 10.6. The lowest BCUT2D eigenvalue weighted by Crippen LogP contribution is -2.27. The number of hydrogen-bond acceptors (Lipinski definition) is 8. The molecule has 5 rings (SSSR count). The van der Waals surface area contributed by atoms with Gasteiger partial charge in [-0.1, -0.05) is 0 Å². The van der Waals surface area contributed by atoms with Crippen LogP contribution in [0.2, 0.25) is 0 Å². The van der Waals surface area contributed by atoms with Crippen LogP contribution in [-0.2, 0) is 0 Å². The number of fused-ring (bicyclic) bond motifs is 1. The van der Waals surface area contributed by atoms with E-state index < -0.39 is 11.4 Å². The van der Waals surface area contributed by atoms with Gasteiger partial charge in [0.2, 0.25) is 11.3 Å². The zero-order chi connectivity index (χ0) is 22.6. The van der Waals surface area contributed by atoms with E-state index in [0.717, 1.165) is 31.5 Å². The molecule has 2 fully saturated rings. The molecule has 5 N–H and O–H groups in total. The SMILES string of the molecule is COc1c(N2CCC(C(N)c3ncco3)C2)cc(N)c2c(=O)c(C(=O)O)cn(C3CC3)c12. The normalized spacial score (nSPS) is 19.4. The fourth-order valence-electron chi connectivity index (χ4n) is 4.67. The summed E-state index contributed by atoms with van der Waals surface area (Å²) >= 11 is 0. The molecule has 2 aromatic heterocycles. The first-order valence-corrected chi connectivity index (χ1v) is 10.6. The number of ether oxygens (including phenoxy) is 1. The van der Waals surface area contributed by atoms with Crippen LogP contribution in [0.4, 0.5) is 11.4 Å². The van der Waals surface area contributed by atoms with Crippen LogP contribution in [0.5, 0.6) is 5.75 Å². The molecule has 1 saturated heterocycles. The van der Waals surface area contributed by atoms with Gasteiger partial charge in [0.15, 0.2) is 5.75 Å². The van der Waals surface area contributed by atoms with E-state index in [2.05, 4.69) is 9.88 Å². The second-order valence-electron chi connectivity index (χ2n) is 8.45. The number of pyridine rings is 1. The largest absolute Gasteiger partial charge is 0.492 e. The number of hydrogen-bond donors (Lipinski definition) is 3. The van der Waals surface area contributed by atoms with Crippen molar-refractivity contribution in [3.63, 3.8) is 0 Å². The van der Waals surface area contributed by atoms with Gasteiger partial charge in [-0.05, 0) is 25.3 Å². The number of nitrogens with two attached hydrogens (primary N) is 2. The number of methoxy groups -OCH3 is 1. The molecule has 2 atom stereocenters. The summed E-state index contributed by atoms with van der Waals surface area (Å²) in [5.41, 5.74) is 13.4. The number of carboxylic acid groups (broad SMARTS) is 1. The smallest absolute Gasteiger partial charge is 0.341 e. The van der Waals surface area contributed by atoms with Crippen LogP contribution >= 0.6 is 0 Å². The van der Waals surface area contributed by atoms with Gasteiger partial charge in [0.05, 0.1) is 35.9 Å². The first kappa shape index (κ1) is 20.4. The molecule has 3 heterocycles. The van der Waals surface area contributed by atoms with Crippen molar-refractivity contribution in [1.29, 1.82) is 0 Å². The summed E-state index contributed by atoms with van der Waals surface area (Å²) in [6.07, 6.45) is 7.15. The molecule has 0 spiro atoms. The van der Waals surface area contributed by atoms with E-state index >= 15 is 0 Å². The number of aromatic nitrogens is 2. The maximum absolute atomic E-state index is 13.0. The topological polar surface area (TPSA) is 150 Å². The third kappa shape index (κ3) is 3.18. The number of rotatable bonds is 6. The Bertz CT molecular complexity index is 1250. The summed E-state index contributed by atoms with van der Waals surface area (Å²) in [5.74, 6) is -0.127. The van der Waals surface area contributed by atoms with Crippen LogP contribution in [0.3, 0.4) is 0 Å². The summed E-state index contributed by atoms with van der Waals surface area (Å²) in [6.45, 7) is 1.37. The zero-order valence-electron chi connectivity index (χ0n) is 17.7. The van der Waals surface area contributed by atoms with Crippen molar-refractivity contribution in [3.8, 4) is 5.75 Å². The Hall–Kier alpha value is -3.53. The minimum absolute atomic E-state index is 0.115. The molecule has 1 aromatic carbocycles. The minimum Gasteiger partial charge on any atom is -0.492 e. The number of carboxylic acids is 1. The van der Waals surface area contributed by atoms with E-state index in [-0.39, 0.29) is 34.6 Å². The predicted octanol–water partition coefficient (Wildman–Crippen LogP) is 2.14. The van der Waals surface area contributed by atoms with Gasteiger partial charge in [-0.3, -0.25) is 4.79 Å². The second kappa shape index (κ2) is 7.56. The van der Waals surface area contributed by atoms with Gasteiger partial charge in [-0.2, -0.15) is 0 Å². The average Bonchev–Trinajstić information content (AvgIpc) is 3.26. The lowest BCUT2D eigenvalue weighted by atomic mass is 10.00. The maximum atomic E-state index is 13.0. The van der Waals surface area contributed by atoms with Gasteiger partial charge < -0.3 is 35.2 Å². The molecule has 32 heavy (non-hydrogen) atoms. The summed E-state index contributed by atoms with van der Waals surface area (Å²) in [7, 11) is 1.55. The summed E-state index contributed by atoms with van der Waals surface area (Å²) < 4.78 is 13.0. The number of carbonyl (C=O) groups is 1. The Morgan fingerprint density at radius 3 is 2.78 bits per heavy atom. The molecule has 1 aliphatic heterocycles. The second-order valence-corrected chi connectivity index (χ2v) is 8.45. The lowest BCUT2D eigenvalue weighted by molar-refractivity contribution is 0.0695. The van der Waals surface area contributed by atoms with E-state index in [4.69, 9.17) is 20.6 Å². The number of oxazole rings is 1. The highest BCUT2D eigenvalue weighted by Gasteiger charge is 2.34. The third-order valence-electron chi connectivity index (χ3n) is 6.45. The molecule has 1 aliphatic carbocycles. The van der Waals surface area contributed by atoms with Crippen molar-refractivity contribution in [1.82, 2.24) is 9.55 Å². The van der Waals surface area contributed by atoms with Gasteiger partial charge in [-0.25, -0.2) is 9.78 Å². The molecule has 0 bridgehead atoms. The van der Waals surface area contributed by atoms with E-state index in [0.29, 0.717) is 23.7 Å². The molecule has 10 heteroatoms. The number of aromatic carboxylic acids is 1. The Labute approximate surface area is 183 Å². The van der Waals surface area contributed by atoms with Crippen molar-refractivity contribution in [2.24, 2.45) is 11.7 Å². The molecule has 0 radical (unpaired) electrons. The fourth-order valence-corrected chi connectivity index (χ4v) is 4.67. The Morgan fingerprint density at radius 1 is 1.38 bits per heavy atom. The summed E-state index contributed by atoms with van der Waals surface area (Å²) in [6, 6.07) is 1.48. The van der Waals surface area contributed by atoms with Crippen molar-refractivity contribution in [2.75, 3.05) is 30.8 Å². The molecule has 168 valence electrons. The number of nitrogens with zero attached hydrogens (tertiary/aromatic N) is 3. The molecular weight excluding hydrogens is 414 g/mol. The van der Waals surface area contributed by atoms with Gasteiger partial charge in [0, 0.05) is 36.9 Å². The molecule has 2 aliphatic rings. The lowest BCUT2D eigenvalue weighted by Gasteiger charge is -2.25. The van der Waals surface area contributed by atoms with Crippen LogP contribution < -0.4 is 26.5 Å². The Balaban J connectivity index is 1.62. The molecule has 0 amide bonds. The number of nitrogen functional groups attached to an aromatic ring is 1. The average molecular weight is 439 g/mol.